The summed E-state index contributed by atoms with van der Waals surface area (Å²) in [5.74, 6) is -3.90. The molecule has 0 aromatic heterocycles. The van der Waals surface area contributed by atoms with Crippen LogP contribution in [0.25, 0.3) is 0 Å². The second-order valence-corrected chi connectivity index (χ2v) is 14.3. The maximum atomic E-state index is 14.8. The van der Waals surface area contributed by atoms with Crippen LogP contribution in [0.4, 0.5) is 5.69 Å². The van der Waals surface area contributed by atoms with Crippen molar-refractivity contribution in [2.75, 3.05) is 38.3 Å². The molecule has 0 aliphatic carbocycles. The Kier molecular flexibility index (Phi) is 12.0. The van der Waals surface area contributed by atoms with E-state index in [1.165, 1.54) is 12.0 Å². The highest BCUT2D eigenvalue weighted by atomic mass is 79.9. The quantitative estimate of drug-likeness (QED) is 0.150. The number of carbonyl (C=O) groups is 4. The molecule has 3 saturated heterocycles. The van der Waals surface area contributed by atoms with Gasteiger partial charge in [0.1, 0.15) is 17.7 Å². The van der Waals surface area contributed by atoms with E-state index >= 15 is 0 Å². The SMILES string of the molecule is C=CCCC(=O)N[C@H](COC)[C@H](OC(=O)[C@@H]1[C@H]2O[C@@]3(CC2Br)[C@H](C(=O)N(CC=C)c2cc(C)ccc2C)N(CCO)C(=O)[C@@H]13)c1ccccc1. The van der Waals surface area contributed by atoms with Crippen molar-refractivity contribution >= 4 is 45.3 Å². The summed E-state index contributed by atoms with van der Waals surface area (Å²) < 4.78 is 18.4. The molecule has 3 aliphatic rings. The first kappa shape index (κ1) is 37.4. The highest BCUT2D eigenvalue weighted by molar-refractivity contribution is 9.09. The maximum absolute atomic E-state index is 14.8. The van der Waals surface area contributed by atoms with Gasteiger partial charge in [-0.05, 0) is 49.4 Å². The Morgan fingerprint density at radius 1 is 1.18 bits per heavy atom. The number of alkyl halides is 1. The summed E-state index contributed by atoms with van der Waals surface area (Å²) in [5, 5.41) is 13.0. The molecule has 2 aromatic rings. The van der Waals surface area contributed by atoms with E-state index in [4.69, 9.17) is 14.2 Å². The monoisotopic (exact) mass is 751 g/mol. The van der Waals surface area contributed by atoms with Gasteiger partial charge in [-0.1, -0.05) is 70.5 Å². The summed E-state index contributed by atoms with van der Waals surface area (Å²) in [7, 11) is 1.49. The van der Waals surface area contributed by atoms with Crippen molar-refractivity contribution in [1.82, 2.24) is 10.2 Å². The number of esters is 1. The number of fused-ring (bicyclic) bond motifs is 1. The van der Waals surface area contributed by atoms with Crippen molar-refractivity contribution in [2.24, 2.45) is 11.8 Å². The van der Waals surface area contributed by atoms with Gasteiger partial charge >= 0.3 is 5.97 Å². The second kappa shape index (κ2) is 16.0. The summed E-state index contributed by atoms with van der Waals surface area (Å²) in [6.45, 7) is 11.1. The Hall–Kier alpha value is -3.84. The Bertz CT molecular complexity index is 1600. The molecule has 2 bridgehead atoms. The number of carbonyl (C=O) groups excluding carboxylic acids is 4. The van der Waals surface area contributed by atoms with Gasteiger partial charge < -0.3 is 34.4 Å². The third kappa shape index (κ3) is 7.03. The molecule has 5 rings (SSSR count). The van der Waals surface area contributed by atoms with E-state index in [1.807, 2.05) is 38.1 Å². The van der Waals surface area contributed by atoms with Crippen LogP contribution in [0.5, 0.6) is 0 Å². The molecule has 3 aliphatic heterocycles. The summed E-state index contributed by atoms with van der Waals surface area (Å²) in [5.41, 5.74) is 1.76. The first-order valence-electron chi connectivity index (χ1n) is 16.9. The number of halogens is 1. The number of allylic oxidation sites excluding steroid dienone is 1. The minimum absolute atomic E-state index is 0.0446. The zero-order chi connectivity index (χ0) is 36.2. The number of rotatable bonds is 16. The molecule has 0 saturated carbocycles. The van der Waals surface area contributed by atoms with E-state index in [9.17, 15) is 24.3 Å². The molecule has 8 atom stereocenters. The van der Waals surface area contributed by atoms with Crippen LogP contribution < -0.4 is 10.2 Å². The number of aliphatic hydroxyl groups excluding tert-OH is 1. The fourth-order valence-electron chi connectivity index (χ4n) is 7.75. The fraction of sp³-hybridized carbons (Fsp3) is 0.474. The van der Waals surface area contributed by atoms with E-state index in [2.05, 4.69) is 34.4 Å². The maximum Gasteiger partial charge on any atom is 0.313 e. The summed E-state index contributed by atoms with van der Waals surface area (Å²) in [6, 6.07) is 13.0. The van der Waals surface area contributed by atoms with Gasteiger partial charge in [-0.15, -0.1) is 13.2 Å². The highest BCUT2D eigenvalue weighted by Crippen LogP contribution is 2.60. The van der Waals surface area contributed by atoms with Crippen molar-refractivity contribution in [2.45, 2.75) is 67.8 Å². The summed E-state index contributed by atoms with van der Waals surface area (Å²) in [4.78, 5) is 59.1. The summed E-state index contributed by atoms with van der Waals surface area (Å²) in [6.07, 6.45) is 2.50. The van der Waals surface area contributed by atoms with Gasteiger partial charge in [0.05, 0.1) is 37.2 Å². The van der Waals surface area contributed by atoms with E-state index < -0.39 is 53.6 Å². The first-order valence-corrected chi connectivity index (χ1v) is 17.8. The van der Waals surface area contributed by atoms with Crippen LogP contribution in [0.2, 0.25) is 0 Å². The number of aliphatic hydroxyl groups is 1. The largest absolute Gasteiger partial charge is 0.455 e. The molecular weight excluding hydrogens is 706 g/mol. The van der Waals surface area contributed by atoms with Crippen molar-refractivity contribution in [3.8, 4) is 0 Å². The Balaban J connectivity index is 1.52. The molecule has 12 heteroatoms. The number of β-amino-alcohol motifs (C(OH)–C–C–N with tert-alkyl or cyclic N) is 1. The first-order chi connectivity index (χ1) is 24.0. The number of methoxy groups -OCH3 is 1. The van der Waals surface area contributed by atoms with Gasteiger partial charge in [0.15, 0.2) is 0 Å². The van der Waals surface area contributed by atoms with Crippen molar-refractivity contribution in [3.63, 3.8) is 0 Å². The van der Waals surface area contributed by atoms with Crippen LogP contribution in [0.1, 0.15) is 42.1 Å². The second-order valence-electron chi connectivity index (χ2n) is 13.2. The lowest BCUT2D eigenvalue weighted by Gasteiger charge is -2.37. The van der Waals surface area contributed by atoms with Gasteiger partial charge in [0, 0.05) is 37.1 Å². The van der Waals surface area contributed by atoms with Crippen molar-refractivity contribution < 1.29 is 38.5 Å². The molecule has 3 heterocycles. The van der Waals surface area contributed by atoms with E-state index in [0.29, 0.717) is 24.1 Å². The Labute approximate surface area is 301 Å². The lowest BCUT2D eigenvalue weighted by atomic mass is 9.70. The molecule has 1 spiro atoms. The van der Waals surface area contributed by atoms with Crippen LogP contribution in [0, 0.1) is 25.7 Å². The average Bonchev–Trinajstić information content (AvgIpc) is 3.69. The van der Waals surface area contributed by atoms with E-state index in [-0.39, 0.29) is 49.4 Å². The predicted octanol–water partition coefficient (Wildman–Crippen LogP) is 3.94. The minimum Gasteiger partial charge on any atom is -0.455 e. The van der Waals surface area contributed by atoms with Crippen LogP contribution in [-0.4, -0.2) is 95.7 Å². The molecule has 50 heavy (non-hydrogen) atoms. The molecule has 11 nitrogen and oxygen atoms in total. The molecule has 2 aromatic carbocycles. The molecule has 3 fully saturated rings. The van der Waals surface area contributed by atoms with E-state index in [0.717, 1.165) is 11.1 Å². The lowest BCUT2D eigenvalue weighted by Crippen LogP contribution is -2.57. The number of benzene rings is 2. The molecule has 268 valence electrons. The van der Waals surface area contributed by atoms with Crippen LogP contribution >= 0.6 is 15.9 Å². The van der Waals surface area contributed by atoms with Crippen molar-refractivity contribution in [1.29, 1.82) is 0 Å². The Morgan fingerprint density at radius 3 is 2.58 bits per heavy atom. The van der Waals surface area contributed by atoms with Gasteiger partial charge in [0.25, 0.3) is 5.91 Å². The van der Waals surface area contributed by atoms with Crippen LogP contribution in [0.3, 0.4) is 0 Å². The molecule has 3 amide bonds. The molecule has 0 radical (unpaired) electrons. The Morgan fingerprint density at radius 2 is 1.92 bits per heavy atom. The minimum atomic E-state index is -1.36. The zero-order valence-corrected chi connectivity index (χ0v) is 30.3. The van der Waals surface area contributed by atoms with E-state index in [1.54, 1.807) is 41.3 Å². The highest BCUT2D eigenvalue weighted by Gasteiger charge is 2.77. The number of aryl methyl sites for hydroxylation is 2. The van der Waals surface area contributed by atoms with Gasteiger partial charge in [-0.2, -0.15) is 0 Å². The number of ether oxygens (including phenoxy) is 3. The number of nitrogens with one attached hydrogen (secondary N) is 1. The number of hydrogen-bond donors (Lipinski definition) is 2. The van der Waals surface area contributed by atoms with Crippen LogP contribution in [0.15, 0.2) is 73.8 Å². The smallest absolute Gasteiger partial charge is 0.313 e. The topological polar surface area (TPSA) is 135 Å². The average molecular weight is 753 g/mol. The predicted molar refractivity (Wildman–Crippen MR) is 191 cm³/mol. The zero-order valence-electron chi connectivity index (χ0n) is 28.8. The standard InChI is InChI=1S/C38H46BrN3O8/c1-6-8-14-29(44)40-27(22-48-5)32(25-12-10-9-11-13-25)49-37(47)30-31-35(45)42(18-19-43)34(38(31)21-26(39)33(30)50-38)36(46)41(17-7-2)28-20-23(3)15-16-24(28)4/h6-7,9-13,15-16,20,26-27,30-34,43H,1-2,8,14,17-19,21-22H2,3-5H3,(H,40,44)/t26?,27-,30+,31-,32-,33+,34+,38-/m1/s1. The number of hydrogen-bond acceptors (Lipinski definition) is 8. The van der Waals surface area contributed by atoms with Crippen molar-refractivity contribution in [3.05, 3.63) is 90.5 Å². The molecule has 2 N–H and O–H groups in total. The number of amides is 3. The number of likely N-dealkylation sites (tertiary alicyclic amines) is 1. The summed E-state index contributed by atoms with van der Waals surface area (Å²) >= 11 is 3.71. The van der Waals surface area contributed by atoms with Crippen LogP contribution in [-0.2, 0) is 33.4 Å². The molecule has 1 unspecified atom stereocenters. The van der Waals surface area contributed by atoms with Gasteiger partial charge in [-0.25, -0.2) is 0 Å². The lowest BCUT2D eigenvalue weighted by molar-refractivity contribution is -0.163. The third-order valence-corrected chi connectivity index (χ3v) is 10.7. The van der Waals surface area contributed by atoms with Gasteiger partial charge in [0.2, 0.25) is 11.8 Å². The fourth-order valence-corrected chi connectivity index (χ4v) is 8.69. The molecular formula is C38H46BrN3O8. The third-order valence-electron chi connectivity index (χ3n) is 9.87. The normalized spacial score (nSPS) is 26.2. The van der Waals surface area contributed by atoms with Gasteiger partial charge in [-0.3, -0.25) is 19.2 Å². The number of anilines is 1. The number of nitrogens with zero attached hydrogens (tertiary/aromatic N) is 2.